The summed E-state index contributed by atoms with van der Waals surface area (Å²) in [4.78, 5) is 23.3. The van der Waals surface area contributed by atoms with E-state index in [2.05, 4.69) is 15.1 Å². The summed E-state index contributed by atoms with van der Waals surface area (Å²) in [5.74, 6) is 1.78. The molecule has 0 bridgehead atoms. The predicted octanol–water partition coefficient (Wildman–Crippen LogP) is 3.01. The molecule has 32 heavy (non-hydrogen) atoms. The van der Waals surface area contributed by atoms with Crippen LogP contribution in [-0.2, 0) is 16.1 Å². The Kier molecular flexibility index (Phi) is 5.55. The number of aromatic nitrogens is 4. The zero-order valence-corrected chi connectivity index (χ0v) is 17.7. The van der Waals surface area contributed by atoms with E-state index in [9.17, 15) is 4.79 Å². The molecule has 0 atom stereocenters. The Balaban J connectivity index is 1.31. The zero-order chi connectivity index (χ0) is 21.9. The van der Waals surface area contributed by atoms with Gasteiger partial charge in [-0.3, -0.25) is 4.79 Å². The Bertz CT molecular complexity index is 1240. The molecule has 5 rings (SSSR count). The molecule has 2 aromatic carbocycles. The van der Waals surface area contributed by atoms with Crippen LogP contribution in [0.15, 0.2) is 53.3 Å². The van der Waals surface area contributed by atoms with Crippen molar-refractivity contribution in [3.05, 3.63) is 48.8 Å². The first-order valence-electron chi connectivity index (χ1n) is 10.5. The molecule has 1 saturated heterocycles. The Labute approximate surface area is 184 Å². The fourth-order valence-corrected chi connectivity index (χ4v) is 3.78. The van der Waals surface area contributed by atoms with Gasteiger partial charge in [-0.25, -0.2) is 4.98 Å². The Morgan fingerprint density at radius 2 is 2.00 bits per heavy atom. The maximum absolute atomic E-state index is 12.4. The number of carbonyl (C=O) groups excluding carboxylic acids is 1. The van der Waals surface area contributed by atoms with E-state index in [1.54, 1.807) is 13.4 Å². The first-order chi connectivity index (χ1) is 15.7. The number of aryl methyl sites for hydroxylation is 1. The largest absolute Gasteiger partial charge is 0.497 e. The molecule has 0 saturated carbocycles. The second-order valence-electron chi connectivity index (χ2n) is 7.54. The third-order valence-corrected chi connectivity index (χ3v) is 5.55. The lowest BCUT2D eigenvalue weighted by molar-refractivity contribution is -0.135. The van der Waals surface area contributed by atoms with Gasteiger partial charge in [0.05, 0.1) is 37.7 Å². The van der Waals surface area contributed by atoms with Crippen LogP contribution in [-0.4, -0.2) is 63.9 Å². The molecule has 1 fully saturated rings. The molecule has 2 aromatic heterocycles. The second-order valence-corrected chi connectivity index (χ2v) is 7.54. The van der Waals surface area contributed by atoms with E-state index >= 15 is 0 Å². The number of benzene rings is 2. The van der Waals surface area contributed by atoms with Crippen LogP contribution in [0.4, 0.5) is 0 Å². The Morgan fingerprint density at radius 1 is 1.12 bits per heavy atom. The number of ether oxygens (including phenoxy) is 2. The van der Waals surface area contributed by atoms with Gasteiger partial charge in [-0.1, -0.05) is 11.2 Å². The van der Waals surface area contributed by atoms with E-state index in [4.69, 9.17) is 14.0 Å². The van der Waals surface area contributed by atoms with Crippen LogP contribution in [0.25, 0.3) is 33.9 Å². The van der Waals surface area contributed by atoms with Gasteiger partial charge >= 0.3 is 0 Å². The van der Waals surface area contributed by atoms with Crippen molar-refractivity contribution in [1.82, 2.24) is 24.6 Å². The average molecular weight is 433 g/mol. The standard InChI is InChI=1S/C23H23N5O4/c1-30-18-4-2-3-17(13-18)23-25-22(26-32-23)16-5-6-20-19(14-16)24-15-28(20)8-7-21(29)27-9-11-31-12-10-27/h2-6,13-15H,7-12H2,1H3. The molecule has 1 amide bonds. The molecular weight excluding hydrogens is 410 g/mol. The number of morpholine rings is 1. The van der Waals surface area contributed by atoms with E-state index in [0.29, 0.717) is 51.0 Å². The Hall–Kier alpha value is -3.72. The van der Waals surface area contributed by atoms with Gasteiger partial charge in [-0.2, -0.15) is 4.98 Å². The zero-order valence-electron chi connectivity index (χ0n) is 17.7. The van der Waals surface area contributed by atoms with Crippen molar-refractivity contribution in [2.45, 2.75) is 13.0 Å². The number of fused-ring (bicyclic) bond motifs is 1. The minimum absolute atomic E-state index is 0.142. The van der Waals surface area contributed by atoms with E-state index in [-0.39, 0.29) is 5.91 Å². The summed E-state index contributed by atoms with van der Waals surface area (Å²) < 4.78 is 18.0. The normalized spacial score (nSPS) is 14.1. The van der Waals surface area contributed by atoms with Gasteiger partial charge in [-0.05, 0) is 36.4 Å². The van der Waals surface area contributed by atoms with Crippen LogP contribution in [0.1, 0.15) is 6.42 Å². The van der Waals surface area contributed by atoms with Crippen LogP contribution in [0.3, 0.4) is 0 Å². The molecule has 0 unspecified atom stereocenters. The fraction of sp³-hybridized carbons (Fsp3) is 0.304. The van der Waals surface area contributed by atoms with E-state index in [0.717, 1.165) is 27.9 Å². The summed E-state index contributed by atoms with van der Waals surface area (Å²) in [6.45, 7) is 3.12. The van der Waals surface area contributed by atoms with Crippen molar-refractivity contribution in [3.8, 4) is 28.6 Å². The first kappa shape index (κ1) is 20.2. The number of carbonyl (C=O) groups is 1. The molecule has 4 aromatic rings. The van der Waals surface area contributed by atoms with E-state index < -0.39 is 0 Å². The molecular formula is C23H23N5O4. The number of imidazole rings is 1. The van der Waals surface area contributed by atoms with Gasteiger partial charge in [-0.15, -0.1) is 0 Å². The fourth-order valence-electron chi connectivity index (χ4n) is 3.78. The second kappa shape index (κ2) is 8.80. The minimum Gasteiger partial charge on any atom is -0.497 e. The highest BCUT2D eigenvalue weighted by Gasteiger charge is 2.17. The SMILES string of the molecule is COc1cccc(-c2nc(-c3ccc4c(c3)ncn4CCC(=O)N3CCOCC3)no2)c1. The van der Waals surface area contributed by atoms with Crippen molar-refractivity contribution >= 4 is 16.9 Å². The quantitative estimate of drug-likeness (QED) is 0.461. The van der Waals surface area contributed by atoms with Gasteiger partial charge in [0.2, 0.25) is 11.7 Å². The van der Waals surface area contributed by atoms with Gasteiger partial charge in [0.15, 0.2) is 0 Å². The topological polar surface area (TPSA) is 95.5 Å². The van der Waals surface area contributed by atoms with Crippen LogP contribution in [0.2, 0.25) is 0 Å². The van der Waals surface area contributed by atoms with Crippen molar-refractivity contribution in [2.75, 3.05) is 33.4 Å². The lowest BCUT2D eigenvalue weighted by atomic mass is 10.2. The van der Waals surface area contributed by atoms with Gasteiger partial charge in [0.1, 0.15) is 5.75 Å². The maximum atomic E-state index is 12.4. The van der Waals surface area contributed by atoms with Crippen LogP contribution in [0.5, 0.6) is 5.75 Å². The molecule has 1 aliphatic rings. The highest BCUT2D eigenvalue weighted by atomic mass is 16.5. The highest BCUT2D eigenvalue weighted by Crippen LogP contribution is 2.27. The summed E-state index contributed by atoms with van der Waals surface area (Å²) in [5.41, 5.74) is 3.37. The molecule has 164 valence electrons. The van der Waals surface area contributed by atoms with Crippen LogP contribution >= 0.6 is 0 Å². The van der Waals surface area contributed by atoms with Crippen molar-refractivity contribution in [1.29, 1.82) is 0 Å². The number of hydrogen-bond acceptors (Lipinski definition) is 7. The number of amides is 1. The van der Waals surface area contributed by atoms with Crippen LogP contribution in [0, 0.1) is 0 Å². The maximum Gasteiger partial charge on any atom is 0.258 e. The molecule has 0 N–H and O–H groups in total. The van der Waals surface area contributed by atoms with E-state index in [1.807, 2.05) is 51.9 Å². The van der Waals surface area contributed by atoms with E-state index in [1.165, 1.54) is 0 Å². The average Bonchev–Trinajstić information content (AvgIpc) is 3.50. The smallest absolute Gasteiger partial charge is 0.258 e. The molecule has 1 aliphatic heterocycles. The lowest BCUT2D eigenvalue weighted by Gasteiger charge is -2.26. The number of methoxy groups -OCH3 is 1. The summed E-state index contributed by atoms with van der Waals surface area (Å²) >= 11 is 0. The first-order valence-corrected chi connectivity index (χ1v) is 10.5. The van der Waals surface area contributed by atoms with Crippen molar-refractivity contribution in [2.24, 2.45) is 0 Å². The monoisotopic (exact) mass is 433 g/mol. The third-order valence-electron chi connectivity index (χ3n) is 5.55. The molecule has 0 spiro atoms. The molecule has 3 heterocycles. The molecule has 0 radical (unpaired) electrons. The summed E-state index contributed by atoms with van der Waals surface area (Å²) in [6, 6.07) is 13.3. The number of hydrogen-bond donors (Lipinski definition) is 0. The summed E-state index contributed by atoms with van der Waals surface area (Å²) in [5, 5.41) is 4.12. The van der Waals surface area contributed by atoms with Crippen molar-refractivity contribution in [3.63, 3.8) is 0 Å². The predicted molar refractivity (Wildman–Crippen MR) is 117 cm³/mol. The molecule has 9 nitrogen and oxygen atoms in total. The molecule has 0 aliphatic carbocycles. The molecule has 9 heteroatoms. The van der Waals surface area contributed by atoms with Crippen molar-refractivity contribution < 1.29 is 18.8 Å². The third kappa shape index (κ3) is 4.06. The van der Waals surface area contributed by atoms with Gasteiger partial charge < -0.3 is 23.5 Å². The van der Waals surface area contributed by atoms with Crippen LogP contribution < -0.4 is 4.74 Å². The lowest BCUT2D eigenvalue weighted by Crippen LogP contribution is -2.40. The number of rotatable bonds is 6. The number of nitrogens with zero attached hydrogens (tertiary/aromatic N) is 5. The van der Waals surface area contributed by atoms with Gasteiger partial charge in [0.25, 0.3) is 5.89 Å². The Morgan fingerprint density at radius 3 is 2.84 bits per heavy atom. The summed E-state index contributed by atoms with van der Waals surface area (Å²) in [7, 11) is 1.62. The minimum atomic E-state index is 0.142. The highest BCUT2D eigenvalue weighted by molar-refractivity contribution is 5.81. The summed E-state index contributed by atoms with van der Waals surface area (Å²) in [6.07, 6.45) is 2.20. The van der Waals surface area contributed by atoms with Gasteiger partial charge in [0, 0.05) is 37.2 Å².